The van der Waals surface area contributed by atoms with Crippen molar-refractivity contribution < 1.29 is 4.79 Å². The molecule has 0 saturated carbocycles. The van der Waals surface area contributed by atoms with Gasteiger partial charge in [-0.1, -0.05) is 29.6 Å². The Morgan fingerprint density at radius 1 is 1.25 bits per heavy atom. The molecule has 1 amide bonds. The van der Waals surface area contributed by atoms with Gasteiger partial charge in [-0.3, -0.25) is 9.69 Å². The van der Waals surface area contributed by atoms with E-state index in [2.05, 4.69) is 9.88 Å². The van der Waals surface area contributed by atoms with E-state index < -0.39 is 0 Å². The van der Waals surface area contributed by atoms with Gasteiger partial charge in [0, 0.05) is 31.9 Å². The van der Waals surface area contributed by atoms with E-state index in [1.165, 1.54) is 32.0 Å². The van der Waals surface area contributed by atoms with Gasteiger partial charge in [0.1, 0.15) is 5.15 Å². The van der Waals surface area contributed by atoms with Crippen molar-refractivity contribution in [3.8, 4) is 0 Å². The molecular weight excluding hydrogens is 297 g/mol. The van der Waals surface area contributed by atoms with Gasteiger partial charge in [-0.05, 0) is 25.5 Å². The third-order valence-electron chi connectivity index (χ3n) is 4.17. The summed E-state index contributed by atoms with van der Waals surface area (Å²) in [5.74, 6) is 0.00119. The minimum atomic E-state index is 0.00119. The average molecular weight is 314 g/mol. The van der Waals surface area contributed by atoms with E-state index in [1.807, 2.05) is 4.90 Å². The molecule has 3 rings (SSSR count). The second-order valence-corrected chi connectivity index (χ2v) is 6.20. The van der Waals surface area contributed by atoms with Crippen molar-refractivity contribution in [2.45, 2.75) is 25.3 Å². The molecule has 1 atom stereocenters. The zero-order valence-corrected chi connectivity index (χ0v) is 12.7. The Hall–Kier alpha value is -0.840. The Balaban J connectivity index is 1.72. The highest BCUT2D eigenvalue weighted by molar-refractivity contribution is 6.41. The van der Waals surface area contributed by atoms with Crippen molar-refractivity contribution in [3.63, 3.8) is 0 Å². The second kappa shape index (κ2) is 5.88. The number of rotatable bonds is 1. The zero-order valence-electron chi connectivity index (χ0n) is 11.2. The quantitative estimate of drug-likeness (QED) is 0.748. The number of fused-ring (bicyclic) bond motifs is 1. The Kier molecular flexibility index (Phi) is 4.15. The van der Waals surface area contributed by atoms with Gasteiger partial charge in [-0.15, -0.1) is 0 Å². The van der Waals surface area contributed by atoms with Crippen molar-refractivity contribution in [2.24, 2.45) is 0 Å². The molecular formula is C14H17Cl2N3O. The van der Waals surface area contributed by atoms with Gasteiger partial charge in [-0.25, -0.2) is 4.98 Å². The molecule has 0 spiro atoms. The lowest BCUT2D eigenvalue weighted by Gasteiger charge is -2.44. The first-order chi connectivity index (χ1) is 9.65. The number of carbonyl (C=O) groups is 1. The van der Waals surface area contributed by atoms with Crippen LogP contribution in [0.3, 0.4) is 0 Å². The van der Waals surface area contributed by atoms with E-state index in [1.54, 1.807) is 6.07 Å². The number of amides is 1. The lowest BCUT2D eigenvalue weighted by molar-refractivity contribution is 0.0372. The van der Waals surface area contributed by atoms with Crippen LogP contribution < -0.4 is 0 Å². The van der Waals surface area contributed by atoms with Crippen molar-refractivity contribution >= 4 is 29.1 Å². The van der Waals surface area contributed by atoms with Crippen LogP contribution in [0.1, 0.15) is 29.6 Å². The van der Waals surface area contributed by atoms with Gasteiger partial charge in [0.05, 0.1) is 10.6 Å². The molecule has 0 bridgehead atoms. The molecule has 2 fully saturated rings. The molecule has 1 aromatic rings. The molecule has 0 aromatic carbocycles. The molecule has 2 aliphatic heterocycles. The van der Waals surface area contributed by atoms with Gasteiger partial charge < -0.3 is 4.90 Å². The first kappa shape index (κ1) is 14.1. The van der Waals surface area contributed by atoms with E-state index in [-0.39, 0.29) is 11.1 Å². The van der Waals surface area contributed by atoms with E-state index >= 15 is 0 Å². The SMILES string of the molecule is O=C(c1cnc(Cl)c(Cl)c1)N1CCN2CCCCC2C1. The largest absolute Gasteiger partial charge is 0.336 e. The fourth-order valence-electron chi connectivity index (χ4n) is 3.06. The second-order valence-electron chi connectivity index (χ2n) is 5.43. The van der Waals surface area contributed by atoms with Crippen molar-refractivity contribution in [1.29, 1.82) is 0 Å². The van der Waals surface area contributed by atoms with Crippen molar-refractivity contribution in [1.82, 2.24) is 14.8 Å². The smallest absolute Gasteiger partial charge is 0.255 e. The van der Waals surface area contributed by atoms with Crippen molar-refractivity contribution in [2.75, 3.05) is 26.2 Å². The standard InChI is InChI=1S/C14H17Cl2N3O/c15-12-7-10(8-17-13(12)16)14(20)19-6-5-18-4-2-1-3-11(18)9-19/h7-8,11H,1-6,9H2. The number of aromatic nitrogens is 1. The Morgan fingerprint density at radius 3 is 2.90 bits per heavy atom. The number of nitrogens with zero attached hydrogens (tertiary/aromatic N) is 3. The summed E-state index contributed by atoms with van der Waals surface area (Å²) in [7, 11) is 0. The van der Waals surface area contributed by atoms with E-state index in [0.717, 1.165) is 19.6 Å². The first-order valence-electron chi connectivity index (χ1n) is 6.99. The monoisotopic (exact) mass is 313 g/mol. The summed E-state index contributed by atoms with van der Waals surface area (Å²) in [6, 6.07) is 2.11. The maximum absolute atomic E-state index is 12.5. The highest BCUT2D eigenvalue weighted by Gasteiger charge is 2.31. The number of hydrogen-bond donors (Lipinski definition) is 0. The van der Waals surface area contributed by atoms with Crippen LogP contribution in [-0.4, -0.2) is 52.9 Å². The number of hydrogen-bond acceptors (Lipinski definition) is 3. The summed E-state index contributed by atoms with van der Waals surface area (Å²) in [4.78, 5) is 20.9. The molecule has 108 valence electrons. The predicted octanol–water partition coefficient (Wildman–Crippen LogP) is 2.70. The highest BCUT2D eigenvalue weighted by atomic mass is 35.5. The number of piperazine rings is 1. The molecule has 1 aromatic heterocycles. The van der Waals surface area contributed by atoms with Crippen molar-refractivity contribution in [3.05, 3.63) is 28.0 Å². The van der Waals surface area contributed by atoms with E-state index in [9.17, 15) is 4.79 Å². The minimum absolute atomic E-state index is 0.00119. The summed E-state index contributed by atoms with van der Waals surface area (Å²) in [5.41, 5.74) is 0.517. The van der Waals surface area contributed by atoms with Crippen LogP contribution in [-0.2, 0) is 0 Å². The topological polar surface area (TPSA) is 36.4 Å². The maximum Gasteiger partial charge on any atom is 0.255 e. The number of halogens is 2. The average Bonchev–Trinajstić information content (AvgIpc) is 2.49. The molecule has 6 heteroatoms. The Labute approximate surface area is 128 Å². The van der Waals surface area contributed by atoms with Gasteiger partial charge in [0.25, 0.3) is 5.91 Å². The van der Waals surface area contributed by atoms with Gasteiger partial charge >= 0.3 is 0 Å². The number of carbonyl (C=O) groups excluding carboxylic acids is 1. The maximum atomic E-state index is 12.5. The fraction of sp³-hybridized carbons (Fsp3) is 0.571. The fourth-order valence-corrected chi connectivity index (χ4v) is 3.33. The van der Waals surface area contributed by atoms with Gasteiger partial charge in [0.2, 0.25) is 0 Å². The minimum Gasteiger partial charge on any atom is -0.336 e. The highest BCUT2D eigenvalue weighted by Crippen LogP contribution is 2.24. The van der Waals surface area contributed by atoms with Crippen LogP contribution in [0.15, 0.2) is 12.3 Å². The van der Waals surface area contributed by atoms with Crippen LogP contribution in [0.4, 0.5) is 0 Å². The lowest BCUT2D eigenvalue weighted by Crippen LogP contribution is -2.56. The molecule has 2 saturated heterocycles. The first-order valence-corrected chi connectivity index (χ1v) is 7.75. The molecule has 1 unspecified atom stereocenters. The lowest BCUT2D eigenvalue weighted by atomic mass is 9.99. The molecule has 3 heterocycles. The molecule has 4 nitrogen and oxygen atoms in total. The normalized spacial score (nSPS) is 23.5. The summed E-state index contributed by atoms with van der Waals surface area (Å²) in [6.07, 6.45) is 5.23. The number of pyridine rings is 1. The Morgan fingerprint density at radius 2 is 2.10 bits per heavy atom. The van der Waals surface area contributed by atoms with Crippen LogP contribution in [0.2, 0.25) is 10.2 Å². The summed E-state index contributed by atoms with van der Waals surface area (Å²) < 4.78 is 0. The Bertz CT molecular complexity index is 523. The summed E-state index contributed by atoms with van der Waals surface area (Å²) in [6.45, 7) is 3.71. The van der Waals surface area contributed by atoms with Crippen LogP contribution >= 0.6 is 23.2 Å². The predicted molar refractivity (Wildman–Crippen MR) is 79.4 cm³/mol. The zero-order chi connectivity index (χ0) is 14.1. The summed E-state index contributed by atoms with van der Waals surface area (Å²) in [5, 5.41) is 0.564. The van der Waals surface area contributed by atoms with Crippen LogP contribution in [0.25, 0.3) is 0 Å². The third kappa shape index (κ3) is 2.78. The molecule has 2 aliphatic rings. The van der Waals surface area contributed by atoms with Crippen LogP contribution in [0.5, 0.6) is 0 Å². The third-order valence-corrected chi connectivity index (χ3v) is 4.85. The molecule has 20 heavy (non-hydrogen) atoms. The van der Waals surface area contributed by atoms with Gasteiger partial charge in [-0.2, -0.15) is 0 Å². The summed E-state index contributed by atoms with van der Waals surface area (Å²) >= 11 is 11.7. The molecule has 0 radical (unpaired) electrons. The number of piperidine rings is 1. The van der Waals surface area contributed by atoms with E-state index in [0.29, 0.717) is 16.6 Å². The molecule has 0 N–H and O–H groups in total. The van der Waals surface area contributed by atoms with E-state index in [4.69, 9.17) is 23.2 Å². The van der Waals surface area contributed by atoms with Gasteiger partial charge in [0.15, 0.2) is 0 Å². The van der Waals surface area contributed by atoms with Crippen LogP contribution in [0, 0.1) is 0 Å². The molecule has 0 aliphatic carbocycles.